The minimum Gasteiger partial charge on any atom is -0.404 e. The van der Waals surface area contributed by atoms with Gasteiger partial charge in [0.15, 0.2) is 0 Å². The average Bonchev–Trinajstić information content (AvgIpc) is 2.87. The highest BCUT2D eigenvalue weighted by molar-refractivity contribution is 6.91. The van der Waals surface area contributed by atoms with E-state index in [9.17, 15) is 9.59 Å². The van der Waals surface area contributed by atoms with Crippen molar-refractivity contribution in [3.63, 3.8) is 0 Å². The highest BCUT2D eigenvalue weighted by Crippen LogP contribution is 2.15. The molecule has 0 fully saturated rings. The van der Waals surface area contributed by atoms with Gasteiger partial charge in [-0.3, -0.25) is 0 Å². The third kappa shape index (κ3) is 11.0. The number of hydrogen-bond acceptors (Lipinski definition) is 2. The lowest BCUT2D eigenvalue weighted by molar-refractivity contribution is 0.400. The van der Waals surface area contributed by atoms with Crippen molar-refractivity contribution in [2.24, 2.45) is 0 Å². The van der Waals surface area contributed by atoms with E-state index in [1.54, 1.807) is 0 Å². The fourth-order valence-corrected chi connectivity index (χ4v) is 7.46. The Morgan fingerprint density at radius 3 is 1.14 bits per heavy atom. The molecule has 0 aliphatic heterocycles. The van der Waals surface area contributed by atoms with Gasteiger partial charge in [-0.05, 0) is 36.8 Å². The number of benzene rings is 2. The Hall–Kier alpha value is -1.42. The molecule has 0 aliphatic carbocycles. The van der Waals surface area contributed by atoms with E-state index in [0.717, 1.165) is 47.2 Å². The Balaban J connectivity index is 1.92. The van der Waals surface area contributed by atoms with Crippen molar-refractivity contribution in [2.75, 3.05) is 0 Å². The minimum absolute atomic E-state index is 0.784. The molecule has 0 bridgehead atoms. The molecule has 2 rings (SSSR count). The second kappa shape index (κ2) is 17.9. The maximum atomic E-state index is 11.6. The van der Waals surface area contributed by atoms with Crippen molar-refractivity contribution in [1.82, 2.24) is 0 Å². The molecule has 2 aromatic carbocycles. The summed E-state index contributed by atoms with van der Waals surface area (Å²) in [4.78, 5) is 23.1. The van der Waals surface area contributed by atoms with E-state index in [1.807, 2.05) is 36.4 Å². The van der Waals surface area contributed by atoms with Crippen LogP contribution in [0.15, 0.2) is 48.5 Å². The Kier molecular flexibility index (Phi) is 15.3. The van der Waals surface area contributed by atoms with Gasteiger partial charge in [0.2, 0.25) is 0 Å². The fraction of sp³-hybridized carbons (Fsp3) is 0.625. The summed E-state index contributed by atoms with van der Waals surface area (Å²) in [5.74, 6) is 0. The molecule has 2 nitrogen and oxygen atoms in total. The molecule has 0 unspecified atom stereocenters. The van der Waals surface area contributed by atoms with E-state index in [4.69, 9.17) is 0 Å². The van der Waals surface area contributed by atoms with E-state index < -0.39 is 8.56 Å². The molecule has 35 heavy (non-hydrogen) atoms. The molecule has 0 saturated carbocycles. The van der Waals surface area contributed by atoms with Gasteiger partial charge in [0.05, 0.1) is 0 Å². The van der Waals surface area contributed by atoms with Crippen molar-refractivity contribution >= 4 is 18.9 Å². The summed E-state index contributed by atoms with van der Waals surface area (Å²) in [5, 5.41) is 1.57. The summed E-state index contributed by atoms with van der Waals surface area (Å²) in [6.07, 6.45) is 22.5. The SMILES string of the molecule is CCCCCCCCCCc1ccccc1[Si](O)(O)c1ccccc1CCCCCCCCCC. The van der Waals surface area contributed by atoms with Crippen LogP contribution in [-0.2, 0) is 12.8 Å². The van der Waals surface area contributed by atoms with Gasteiger partial charge in [0.25, 0.3) is 0 Å². The van der Waals surface area contributed by atoms with Crippen LogP contribution in [0.4, 0.5) is 0 Å². The van der Waals surface area contributed by atoms with Gasteiger partial charge in [0, 0.05) is 10.4 Å². The predicted molar refractivity (Wildman–Crippen MR) is 155 cm³/mol. The Bertz CT molecular complexity index is 736. The van der Waals surface area contributed by atoms with Gasteiger partial charge >= 0.3 is 8.56 Å². The first-order valence-corrected chi connectivity index (χ1v) is 16.6. The summed E-state index contributed by atoms with van der Waals surface area (Å²) < 4.78 is 0. The summed E-state index contributed by atoms with van der Waals surface area (Å²) in [6.45, 7) is 4.52. The summed E-state index contributed by atoms with van der Waals surface area (Å²) in [6, 6.07) is 16.1. The van der Waals surface area contributed by atoms with Crippen molar-refractivity contribution in [3.05, 3.63) is 59.7 Å². The standard InChI is InChI=1S/C32H52O2Si/c1-3-5-7-9-11-13-15-17-23-29-25-19-21-27-31(29)35(33,34)32-28-22-20-26-30(32)24-18-16-14-12-10-8-6-4-2/h19-22,25-28,33-34H,3-18,23-24H2,1-2H3. The molecule has 0 aliphatic rings. The number of aryl methyl sites for hydroxylation is 2. The summed E-state index contributed by atoms with van der Waals surface area (Å²) in [7, 11) is -3.73. The highest BCUT2D eigenvalue weighted by atomic mass is 28.4. The molecular weight excluding hydrogens is 444 g/mol. The lowest BCUT2D eigenvalue weighted by Crippen LogP contribution is -2.61. The van der Waals surface area contributed by atoms with Crippen molar-refractivity contribution < 1.29 is 9.59 Å². The molecular formula is C32H52O2Si. The molecule has 0 spiro atoms. The van der Waals surface area contributed by atoms with Crippen LogP contribution in [0.3, 0.4) is 0 Å². The van der Waals surface area contributed by atoms with Crippen LogP contribution in [0.1, 0.15) is 128 Å². The van der Waals surface area contributed by atoms with Gasteiger partial charge in [0.1, 0.15) is 0 Å². The van der Waals surface area contributed by atoms with Gasteiger partial charge < -0.3 is 9.59 Å². The Morgan fingerprint density at radius 2 is 0.771 bits per heavy atom. The molecule has 2 N–H and O–H groups in total. The lowest BCUT2D eigenvalue weighted by Gasteiger charge is -2.24. The molecule has 2 aromatic rings. The van der Waals surface area contributed by atoms with Crippen LogP contribution in [-0.4, -0.2) is 18.2 Å². The van der Waals surface area contributed by atoms with E-state index in [0.29, 0.717) is 0 Å². The van der Waals surface area contributed by atoms with Crippen molar-refractivity contribution in [3.8, 4) is 0 Å². The monoisotopic (exact) mass is 496 g/mol. The molecule has 0 heterocycles. The van der Waals surface area contributed by atoms with E-state index in [1.165, 1.54) is 89.9 Å². The predicted octanol–water partition coefficient (Wildman–Crippen LogP) is 7.59. The zero-order valence-corrected chi connectivity index (χ0v) is 23.7. The average molecular weight is 497 g/mol. The van der Waals surface area contributed by atoms with Crippen LogP contribution >= 0.6 is 0 Å². The van der Waals surface area contributed by atoms with Crippen LogP contribution in [0.5, 0.6) is 0 Å². The van der Waals surface area contributed by atoms with Gasteiger partial charge in [-0.2, -0.15) is 0 Å². The Morgan fingerprint density at radius 1 is 0.457 bits per heavy atom. The minimum atomic E-state index is -3.73. The van der Waals surface area contributed by atoms with Gasteiger partial charge in [-0.15, -0.1) is 0 Å². The van der Waals surface area contributed by atoms with E-state index in [2.05, 4.69) is 26.0 Å². The van der Waals surface area contributed by atoms with Crippen LogP contribution in [0.2, 0.25) is 0 Å². The first kappa shape index (κ1) is 29.8. The molecule has 196 valence electrons. The topological polar surface area (TPSA) is 40.5 Å². The van der Waals surface area contributed by atoms with E-state index >= 15 is 0 Å². The zero-order valence-electron chi connectivity index (χ0n) is 22.7. The maximum Gasteiger partial charge on any atom is 0.402 e. The van der Waals surface area contributed by atoms with Gasteiger partial charge in [-0.1, -0.05) is 152 Å². The summed E-state index contributed by atoms with van der Waals surface area (Å²) in [5.41, 5.74) is 2.24. The third-order valence-corrected chi connectivity index (χ3v) is 9.86. The summed E-state index contributed by atoms with van der Waals surface area (Å²) >= 11 is 0. The quantitative estimate of drug-likeness (QED) is 0.146. The van der Waals surface area contributed by atoms with Crippen LogP contribution < -0.4 is 10.4 Å². The van der Waals surface area contributed by atoms with Crippen molar-refractivity contribution in [1.29, 1.82) is 0 Å². The highest BCUT2D eigenvalue weighted by Gasteiger charge is 2.38. The lowest BCUT2D eigenvalue weighted by atomic mass is 10.0. The molecule has 0 amide bonds. The third-order valence-electron chi connectivity index (χ3n) is 7.39. The zero-order chi connectivity index (χ0) is 25.2. The smallest absolute Gasteiger partial charge is 0.402 e. The molecule has 0 saturated heterocycles. The largest absolute Gasteiger partial charge is 0.404 e. The van der Waals surface area contributed by atoms with E-state index in [-0.39, 0.29) is 0 Å². The molecule has 3 heteroatoms. The fourth-order valence-electron chi connectivity index (χ4n) is 5.20. The number of rotatable bonds is 20. The second-order valence-electron chi connectivity index (χ2n) is 10.4. The maximum absolute atomic E-state index is 11.6. The van der Waals surface area contributed by atoms with Crippen LogP contribution in [0, 0.1) is 0 Å². The first-order valence-electron chi connectivity index (χ1n) is 14.7. The molecule has 0 aromatic heterocycles. The number of unbranched alkanes of at least 4 members (excludes halogenated alkanes) is 14. The first-order chi connectivity index (χ1) is 17.1. The normalized spacial score (nSPS) is 11.8. The number of hydrogen-bond donors (Lipinski definition) is 2. The Labute approximate surface area is 217 Å². The molecule has 0 radical (unpaired) electrons. The van der Waals surface area contributed by atoms with Gasteiger partial charge in [-0.25, -0.2) is 0 Å². The van der Waals surface area contributed by atoms with Crippen molar-refractivity contribution in [2.45, 2.75) is 129 Å². The second-order valence-corrected chi connectivity index (χ2v) is 12.9. The van der Waals surface area contributed by atoms with Crippen LogP contribution in [0.25, 0.3) is 0 Å². The molecule has 0 atom stereocenters.